The summed E-state index contributed by atoms with van der Waals surface area (Å²) in [5.41, 5.74) is 0. The average Bonchev–Trinajstić information content (AvgIpc) is 2.28. The lowest BCUT2D eigenvalue weighted by Gasteiger charge is -2.21. The average molecular weight is 278 g/mol. The highest BCUT2D eigenvalue weighted by molar-refractivity contribution is 7.88. The van der Waals surface area contributed by atoms with E-state index in [0.717, 1.165) is 38.7 Å². The molecule has 1 heterocycles. The van der Waals surface area contributed by atoms with E-state index in [1.165, 1.54) is 0 Å². The van der Waals surface area contributed by atoms with E-state index < -0.39 is 10.0 Å². The maximum absolute atomic E-state index is 11.4. The molecule has 1 fully saturated rings. The highest BCUT2D eigenvalue weighted by Crippen LogP contribution is 2.16. The van der Waals surface area contributed by atoms with E-state index in [1.54, 1.807) is 0 Å². The zero-order valence-corrected chi connectivity index (χ0v) is 11.6. The van der Waals surface area contributed by atoms with Crippen molar-refractivity contribution in [2.75, 3.05) is 32.6 Å². The highest BCUT2D eigenvalue weighted by Gasteiger charge is 2.13. The van der Waals surface area contributed by atoms with Gasteiger partial charge in [-0.05, 0) is 25.2 Å². The van der Waals surface area contributed by atoms with E-state index in [0.29, 0.717) is 12.5 Å². The molecule has 6 nitrogen and oxygen atoms in total. The molecule has 0 aliphatic carbocycles. The lowest BCUT2D eigenvalue weighted by Crippen LogP contribution is -2.32. The molecular weight excluding hydrogens is 256 g/mol. The van der Waals surface area contributed by atoms with Crippen molar-refractivity contribution in [3.05, 3.63) is 0 Å². The van der Waals surface area contributed by atoms with Crippen LogP contribution in [0.2, 0.25) is 0 Å². The lowest BCUT2D eigenvalue weighted by atomic mass is 9.99. The molecule has 0 bridgehead atoms. The van der Waals surface area contributed by atoms with Gasteiger partial charge in [0.1, 0.15) is 0 Å². The van der Waals surface area contributed by atoms with Crippen LogP contribution in [0.15, 0.2) is 0 Å². The second-order valence-electron chi connectivity index (χ2n) is 4.64. The molecule has 1 unspecified atom stereocenters. The fourth-order valence-corrected chi connectivity index (χ4v) is 2.36. The predicted octanol–water partition coefficient (Wildman–Crippen LogP) is -0.141. The Labute approximate surface area is 109 Å². The number of hydrogen-bond acceptors (Lipinski definition) is 4. The summed E-state index contributed by atoms with van der Waals surface area (Å²) in [7, 11) is -3.20. The van der Waals surface area contributed by atoms with Gasteiger partial charge in [-0.15, -0.1) is 0 Å². The Kier molecular flexibility index (Phi) is 6.59. The molecule has 0 aromatic heterocycles. The van der Waals surface area contributed by atoms with E-state index >= 15 is 0 Å². The van der Waals surface area contributed by atoms with Crippen LogP contribution in [0.5, 0.6) is 0 Å². The molecule has 1 aliphatic heterocycles. The van der Waals surface area contributed by atoms with E-state index in [1.807, 2.05) is 0 Å². The Hall–Kier alpha value is -0.660. The molecule has 2 N–H and O–H groups in total. The first-order chi connectivity index (χ1) is 8.47. The van der Waals surface area contributed by atoms with Crippen molar-refractivity contribution in [2.24, 2.45) is 5.92 Å². The van der Waals surface area contributed by atoms with E-state index in [9.17, 15) is 13.2 Å². The third kappa shape index (κ3) is 7.62. The molecule has 0 spiro atoms. The number of sulfonamides is 1. The van der Waals surface area contributed by atoms with Crippen LogP contribution >= 0.6 is 0 Å². The molecule has 1 atom stereocenters. The Morgan fingerprint density at radius 3 is 2.78 bits per heavy atom. The van der Waals surface area contributed by atoms with Crippen molar-refractivity contribution < 1.29 is 17.9 Å². The molecule has 0 radical (unpaired) electrons. The molecule has 1 aliphatic rings. The number of ether oxygens (including phenoxy) is 1. The first kappa shape index (κ1) is 15.4. The normalized spacial score (nSPS) is 20.6. The Bertz CT molecular complexity index is 350. The largest absolute Gasteiger partial charge is 0.381 e. The van der Waals surface area contributed by atoms with Crippen LogP contribution in [0.25, 0.3) is 0 Å². The summed E-state index contributed by atoms with van der Waals surface area (Å²) in [5.74, 6) is 0.413. The van der Waals surface area contributed by atoms with Gasteiger partial charge in [0.15, 0.2) is 0 Å². The first-order valence-electron chi connectivity index (χ1n) is 6.26. The fourth-order valence-electron chi connectivity index (χ4n) is 1.89. The van der Waals surface area contributed by atoms with E-state index in [4.69, 9.17) is 4.74 Å². The monoisotopic (exact) mass is 278 g/mol. The number of amides is 1. The zero-order chi connectivity index (χ0) is 13.4. The maximum Gasteiger partial charge on any atom is 0.221 e. The number of nitrogens with one attached hydrogen (secondary N) is 2. The summed E-state index contributed by atoms with van der Waals surface area (Å²) in [4.78, 5) is 11.4. The van der Waals surface area contributed by atoms with E-state index in [2.05, 4.69) is 10.0 Å². The minimum absolute atomic E-state index is 0.122. The van der Waals surface area contributed by atoms with Gasteiger partial charge >= 0.3 is 0 Å². The Morgan fingerprint density at radius 2 is 2.17 bits per heavy atom. The van der Waals surface area contributed by atoms with Crippen LogP contribution < -0.4 is 10.0 Å². The molecule has 0 aromatic carbocycles. The molecule has 1 amide bonds. The SMILES string of the molecule is CS(=O)(=O)NCCC(=O)NCCC1CCCOC1. The third-order valence-corrected chi connectivity index (χ3v) is 3.57. The van der Waals surface area contributed by atoms with Gasteiger partial charge in [0.05, 0.1) is 6.26 Å². The second kappa shape index (κ2) is 7.70. The maximum atomic E-state index is 11.4. The lowest BCUT2D eigenvalue weighted by molar-refractivity contribution is -0.121. The smallest absolute Gasteiger partial charge is 0.221 e. The van der Waals surface area contributed by atoms with Gasteiger partial charge in [0.25, 0.3) is 0 Å². The van der Waals surface area contributed by atoms with Crippen molar-refractivity contribution in [1.82, 2.24) is 10.0 Å². The number of carbonyl (C=O) groups excluding carboxylic acids is 1. The summed E-state index contributed by atoms with van der Waals surface area (Å²) in [6.07, 6.45) is 4.43. The van der Waals surface area contributed by atoms with Crippen LogP contribution in [0.4, 0.5) is 0 Å². The standard InChI is InChI=1S/C11H22N2O4S/c1-18(15,16)13-7-5-11(14)12-6-4-10-3-2-8-17-9-10/h10,13H,2-9H2,1H3,(H,12,14). The zero-order valence-electron chi connectivity index (χ0n) is 10.8. The van der Waals surface area contributed by atoms with Crippen molar-refractivity contribution in [3.8, 4) is 0 Å². The highest BCUT2D eigenvalue weighted by atomic mass is 32.2. The molecule has 1 saturated heterocycles. The van der Waals surface area contributed by atoms with E-state index in [-0.39, 0.29) is 18.9 Å². The molecule has 0 saturated carbocycles. The van der Waals surface area contributed by atoms with Gasteiger partial charge < -0.3 is 10.1 Å². The van der Waals surface area contributed by atoms with Crippen LogP contribution in [-0.4, -0.2) is 46.9 Å². The number of hydrogen-bond donors (Lipinski definition) is 2. The minimum Gasteiger partial charge on any atom is -0.381 e. The van der Waals surface area contributed by atoms with Gasteiger partial charge in [0.2, 0.25) is 15.9 Å². The summed E-state index contributed by atoms with van der Waals surface area (Å²) in [5, 5.41) is 2.79. The molecule has 106 valence electrons. The second-order valence-corrected chi connectivity index (χ2v) is 6.47. The summed E-state index contributed by atoms with van der Waals surface area (Å²) < 4.78 is 29.2. The van der Waals surface area contributed by atoms with Crippen LogP contribution in [0, 0.1) is 5.92 Å². The quantitative estimate of drug-likeness (QED) is 0.679. The fraction of sp³-hybridized carbons (Fsp3) is 0.909. The van der Waals surface area contributed by atoms with Gasteiger partial charge in [-0.1, -0.05) is 0 Å². The Morgan fingerprint density at radius 1 is 1.39 bits per heavy atom. The van der Waals surface area contributed by atoms with Crippen molar-refractivity contribution in [3.63, 3.8) is 0 Å². The summed E-state index contributed by atoms with van der Waals surface area (Å²) in [6.45, 7) is 2.41. The van der Waals surface area contributed by atoms with Crippen LogP contribution in [0.3, 0.4) is 0 Å². The summed E-state index contributed by atoms with van der Waals surface area (Å²) in [6, 6.07) is 0. The molecular formula is C11H22N2O4S. The van der Waals surface area contributed by atoms with Crippen molar-refractivity contribution >= 4 is 15.9 Å². The summed E-state index contributed by atoms with van der Waals surface area (Å²) >= 11 is 0. The number of carbonyl (C=O) groups is 1. The topological polar surface area (TPSA) is 84.5 Å². The predicted molar refractivity (Wildman–Crippen MR) is 68.6 cm³/mol. The molecule has 7 heteroatoms. The van der Waals surface area contributed by atoms with Crippen LogP contribution in [-0.2, 0) is 19.6 Å². The third-order valence-electron chi connectivity index (χ3n) is 2.85. The van der Waals surface area contributed by atoms with Crippen LogP contribution in [0.1, 0.15) is 25.7 Å². The molecule has 1 rings (SSSR count). The van der Waals surface area contributed by atoms with Gasteiger partial charge in [-0.2, -0.15) is 0 Å². The van der Waals surface area contributed by atoms with Gasteiger partial charge in [-0.25, -0.2) is 13.1 Å². The number of rotatable bonds is 7. The first-order valence-corrected chi connectivity index (χ1v) is 8.15. The molecule has 0 aromatic rings. The minimum atomic E-state index is -3.20. The Balaban J connectivity index is 2.02. The van der Waals surface area contributed by atoms with Gasteiger partial charge in [-0.3, -0.25) is 4.79 Å². The molecule has 18 heavy (non-hydrogen) atoms. The van der Waals surface area contributed by atoms with Crippen molar-refractivity contribution in [1.29, 1.82) is 0 Å². The van der Waals surface area contributed by atoms with Gasteiger partial charge in [0, 0.05) is 32.7 Å². The van der Waals surface area contributed by atoms with Crippen molar-refractivity contribution in [2.45, 2.75) is 25.7 Å².